The normalized spacial score (nSPS) is 11.6. The molecular formula is C15H12N3O7P. The van der Waals surface area contributed by atoms with Crippen LogP contribution in [0.1, 0.15) is 5.56 Å². The number of aromatic amines is 1. The van der Waals surface area contributed by atoms with Gasteiger partial charge in [0.25, 0.3) is 5.69 Å². The number of hydrogen-bond acceptors (Lipinski definition) is 5. The van der Waals surface area contributed by atoms with E-state index < -0.39 is 23.6 Å². The van der Waals surface area contributed by atoms with E-state index in [4.69, 9.17) is 9.79 Å². The first kappa shape index (κ1) is 17.7. The van der Waals surface area contributed by atoms with Crippen LogP contribution >= 0.6 is 7.60 Å². The summed E-state index contributed by atoms with van der Waals surface area (Å²) in [7, 11) is -4.38. The van der Waals surface area contributed by atoms with Crippen LogP contribution in [0.15, 0.2) is 52.1 Å². The lowest BCUT2D eigenvalue weighted by Crippen LogP contribution is -2.36. The average Bonchev–Trinajstić information content (AvgIpc) is 2.58. The minimum absolute atomic E-state index is 0.0432. The predicted molar refractivity (Wildman–Crippen MR) is 92.7 cm³/mol. The minimum atomic E-state index is -4.38. The Hall–Kier alpha value is -3.07. The van der Waals surface area contributed by atoms with Crippen LogP contribution in [0, 0.1) is 10.1 Å². The Morgan fingerprint density at radius 2 is 1.77 bits per heavy atom. The molecule has 11 heteroatoms. The van der Waals surface area contributed by atoms with E-state index in [2.05, 4.69) is 4.98 Å². The van der Waals surface area contributed by atoms with Crippen LogP contribution in [0.25, 0.3) is 11.0 Å². The first-order chi connectivity index (χ1) is 12.2. The molecule has 0 aliphatic heterocycles. The highest BCUT2D eigenvalue weighted by molar-refractivity contribution is 7.60. The van der Waals surface area contributed by atoms with E-state index in [-0.39, 0.29) is 23.1 Å². The van der Waals surface area contributed by atoms with Crippen molar-refractivity contribution < 1.29 is 19.3 Å². The molecule has 0 fully saturated rings. The highest BCUT2D eigenvalue weighted by Gasteiger charge is 2.17. The topological polar surface area (TPSA) is 156 Å². The van der Waals surface area contributed by atoms with E-state index in [1.165, 1.54) is 36.4 Å². The number of nitro groups is 1. The van der Waals surface area contributed by atoms with Crippen molar-refractivity contribution in [2.24, 2.45) is 0 Å². The molecule has 0 unspecified atom stereocenters. The fraction of sp³-hybridized carbons (Fsp3) is 0.0667. The Morgan fingerprint density at radius 3 is 2.35 bits per heavy atom. The molecule has 3 N–H and O–H groups in total. The van der Waals surface area contributed by atoms with Gasteiger partial charge in [-0.2, -0.15) is 0 Å². The highest BCUT2D eigenvalue weighted by Crippen LogP contribution is 2.32. The Bertz CT molecular complexity index is 1170. The lowest BCUT2D eigenvalue weighted by Gasteiger charge is -2.10. The Balaban J connectivity index is 2.11. The molecule has 0 spiro atoms. The zero-order valence-electron chi connectivity index (χ0n) is 13.0. The summed E-state index contributed by atoms with van der Waals surface area (Å²) in [5.41, 5.74) is -1.05. The second-order valence-electron chi connectivity index (χ2n) is 5.51. The number of aromatic nitrogens is 2. The molecule has 0 atom stereocenters. The van der Waals surface area contributed by atoms with Crippen molar-refractivity contribution in [1.82, 2.24) is 9.55 Å². The van der Waals surface area contributed by atoms with Gasteiger partial charge in [-0.25, -0.2) is 0 Å². The Kier molecular flexibility index (Phi) is 4.33. The zero-order valence-corrected chi connectivity index (χ0v) is 13.9. The number of nitro benzene ring substituents is 1. The molecule has 3 rings (SSSR count). The predicted octanol–water partition coefficient (Wildman–Crippen LogP) is 0.449. The molecule has 0 saturated heterocycles. The first-order valence-corrected chi connectivity index (χ1v) is 8.84. The Labute approximate surface area is 144 Å². The summed E-state index contributed by atoms with van der Waals surface area (Å²) in [6.45, 7) is -0.0432. The van der Waals surface area contributed by atoms with Crippen molar-refractivity contribution in [2.75, 3.05) is 0 Å². The van der Waals surface area contributed by atoms with Crippen molar-refractivity contribution in [2.45, 2.75) is 6.54 Å². The SMILES string of the molecule is O=c1[nH]c2cc([N+](=O)[O-])ccc2n(Cc2ccc(P(=O)(O)O)cc2)c1=O. The number of benzene rings is 2. The van der Waals surface area contributed by atoms with Crippen LogP contribution in [0.4, 0.5) is 5.69 Å². The van der Waals surface area contributed by atoms with E-state index in [1.54, 1.807) is 0 Å². The third kappa shape index (κ3) is 3.33. The van der Waals surface area contributed by atoms with Gasteiger partial charge < -0.3 is 14.8 Å². The lowest BCUT2D eigenvalue weighted by atomic mass is 10.2. The van der Waals surface area contributed by atoms with Gasteiger partial charge in [-0.15, -0.1) is 0 Å². The van der Waals surface area contributed by atoms with Crippen molar-refractivity contribution in [3.8, 4) is 0 Å². The van der Waals surface area contributed by atoms with Gasteiger partial charge in [-0.1, -0.05) is 12.1 Å². The summed E-state index contributed by atoms with van der Waals surface area (Å²) in [5, 5.41) is 10.7. The van der Waals surface area contributed by atoms with Gasteiger partial charge in [0.2, 0.25) is 0 Å². The first-order valence-electron chi connectivity index (χ1n) is 7.23. The summed E-state index contributed by atoms with van der Waals surface area (Å²) >= 11 is 0. The van der Waals surface area contributed by atoms with E-state index in [0.717, 1.165) is 10.6 Å². The van der Waals surface area contributed by atoms with Crippen LogP contribution in [-0.4, -0.2) is 24.3 Å². The van der Waals surface area contributed by atoms with Crippen molar-refractivity contribution in [3.05, 3.63) is 78.8 Å². The molecule has 0 radical (unpaired) electrons. The van der Waals surface area contributed by atoms with Crippen molar-refractivity contribution in [1.29, 1.82) is 0 Å². The van der Waals surface area contributed by atoms with E-state index in [1.807, 2.05) is 0 Å². The van der Waals surface area contributed by atoms with Gasteiger partial charge >= 0.3 is 18.7 Å². The van der Waals surface area contributed by atoms with Crippen LogP contribution < -0.4 is 16.4 Å². The van der Waals surface area contributed by atoms with Gasteiger partial charge in [-0.3, -0.25) is 28.8 Å². The largest absolute Gasteiger partial charge is 0.356 e. The fourth-order valence-corrected chi connectivity index (χ4v) is 3.05. The second kappa shape index (κ2) is 6.34. The number of nitrogens with one attached hydrogen (secondary N) is 1. The molecule has 0 aliphatic carbocycles. The molecule has 1 heterocycles. The Morgan fingerprint density at radius 1 is 1.12 bits per heavy atom. The third-order valence-electron chi connectivity index (χ3n) is 3.78. The van der Waals surface area contributed by atoms with Gasteiger partial charge in [-0.05, 0) is 23.8 Å². The number of fused-ring (bicyclic) bond motifs is 1. The van der Waals surface area contributed by atoms with Crippen molar-refractivity contribution in [3.63, 3.8) is 0 Å². The maximum absolute atomic E-state index is 12.2. The van der Waals surface area contributed by atoms with Crippen LogP contribution in [0.2, 0.25) is 0 Å². The molecule has 0 bridgehead atoms. The summed E-state index contributed by atoms with van der Waals surface area (Å²) in [4.78, 5) is 54.8. The molecule has 2 aromatic carbocycles. The average molecular weight is 377 g/mol. The van der Waals surface area contributed by atoms with Crippen LogP contribution in [-0.2, 0) is 11.1 Å². The molecule has 0 aliphatic rings. The summed E-state index contributed by atoms with van der Waals surface area (Å²) in [5.74, 6) is 0. The maximum atomic E-state index is 12.2. The highest BCUT2D eigenvalue weighted by atomic mass is 31.2. The van der Waals surface area contributed by atoms with Crippen molar-refractivity contribution >= 4 is 29.6 Å². The molecule has 10 nitrogen and oxygen atoms in total. The van der Waals surface area contributed by atoms with Crippen LogP contribution in [0.3, 0.4) is 0 Å². The molecule has 0 saturated carbocycles. The molecule has 134 valence electrons. The molecule has 3 aromatic rings. The monoisotopic (exact) mass is 377 g/mol. The summed E-state index contributed by atoms with van der Waals surface area (Å²) in [6.07, 6.45) is 0. The third-order valence-corrected chi connectivity index (χ3v) is 4.75. The van der Waals surface area contributed by atoms with E-state index in [9.17, 15) is 24.3 Å². The second-order valence-corrected chi connectivity index (χ2v) is 7.12. The lowest BCUT2D eigenvalue weighted by molar-refractivity contribution is -0.384. The van der Waals surface area contributed by atoms with Gasteiger partial charge in [0.05, 0.1) is 27.8 Å². The molecule has 0 amide bonds. The smallest absolute Gasteiger partial charge is 0.321 e. The summed E-state index contributed by atoms with van der Waals surface area (Å²) in [6, 6.07) is 9.06. The van der Waals surface area contributed by atoms with Gasteiger partial charge in [0.1, 0.15) is 0 Å². The number of non-ortho nitro benzene ring substituents is 1. The van der Waals surface area contributed by atoms with Gasteiger partial charge in [0.15, 0.2) is 0 Å². The van der Waals surface area contributed by atoms with Gasteiger partial charge in [0, 0.05) is 12.1 Å². The summed E-state index contributed by atoms with van der Waals surface area (Å²) < 4.78 is 12.3. The number of H-pyrrole nitrogens is 1. The number of hydrogen-bond donors (Lipinski definition) is 3. The molecule has 26 heavy (non-hydrogen) atoms. The van der Waals surface area contributed by atoms with E-state index >= 15 is 0 Å². The number of nitrogens with zero attached hydrogens (tertiary/aromatic N) is 2. The molecular weight excluding hydrogens is 365 g/mol. The maximum Gasteiger partial charge on any atom is 0.356 e. The number of rotatable bonds is 4. The standard InChI is InChI=1S/C15H12N3O7P/c19-14-15(20)17(8-9-1-4-11(5-2-9)26(23,24)25)13-6-3-10(18(21)22)7-12(13)16-14/h1-7H,8H2,(H,16,19)(H2,23,24,25). The fourth-order valence-electron chi connectivity index (χ4n) is 2.52. The van der Waals surface area contributed by atoms with Crippen LogP contribution in [0.5, 0.6) is 0 Å². The minimum Gasteiger partial charge on any atom is -0.321 e. The quantitative estimate of drug-likeness (QED) is 0.258. The molecule has 1 aromatic heterocycles. The van der Waals surface area contributed by atoms with E-state index in [0.29, 0.717) is 11.1 Å². The zero-order chi connectivity index (χ0) is 19.1.